The molecule has 0 radical (unpaired) electrons. The molecule has 5 heteroatoms. The molecule has 3 rings (SSSR count). The van der Waals surface area contributed by atoms with Crippen LogP contribution in [0.25, 0.3) is 0 Å². The Labute approximate surface area is 181 Å². The number of carbonyl (C=O) groups excluding carboxylic acids is 2. The van der Waals surface area contributed by atoms with E-state index in [9.17, 15) is 14.7 Å². The van der Waals surface area contributed by atoms with Crippen molar-refractivity contribution in [1.82, 2.24) is 9.80 Å². The summed E-state index contributed by atoms with van der Waals surface area (Å²) in [5, 5.41) is 10.9. The van der Waals surface area contributed by atoms with Crippen molar-refractivity contribution in [3.8, 4) is 5.75 Å². The minimum absolute atomic E-state index is 0.149. The zero-order valence-electron chi connectivity index (χ0n) is 19.5. The highest BCUT2D eigenvalue weighted by atomic mass is 16.3. The van der Waals surface area contributed by atoms with Crippen LogP contribution in [0.5, 0.6) is 5.75 Å². The number of phenolic OH excluding ortho intramolecular Hbond substituents is 1. The van der Waals surface area contributed by atoms with E-state index in [1.807, 2.05) is 9.80 Å². The van der Waals surface area contributed by atoms with Crippen LogP contribution in [0.15, 0.2) is 12.1 Å². The molecule has 166 valence electrons. The Morgan fingerprint density at radius 1 is 0.900 bits per heavy atom. The summed E-state index contributed by atoms with van der Waals surface area (Å²) in [5.74, 6) is 1.05. The SMILES string of the molecule is CC(C)(C)c1cc(CCC(=O)N2CCN(C(=O)C3CC3)CC2)cc(C(C)(C)C)c1O. The monoisotopic (exact) mass is 414 g/mol. The second-order valence-electron chi connectivity index (χ2n) is 11.0. The highest BCUT2D eigenvalue weighted by Crippen LogP contribution is 2.40. The van der Waals surface area contributed by atoms with Crippen LogP contribution in [0.4, 0.5) is 0 Å². The van der Waals surface area contributed by atoms with Gasteiger partial charge in [-0.1, -0.05) is 53.7 Å². The van der Waals surface area contributed by atoms with Crippen LogP contribution < -0.4 is 0 Å². The number of benzene rings is 1. The lowest BCUT2D eigenvalue weighted by atomic mass is 9.78. The molecule has 1 N–H and O–H groups in total. The average Bonchev–Trinajstić information content (AvgIpc) is 3.49. The van der Waals surface area contributed by atoms with Gasteiger partial charge in [0.15, 0.2) is 0 Å². The maximum absolute atomic E-state index is 12.8. The molecule has 2 aliphatic rings. The van der Waals surface area contributed by atoms with Gasteiger partial charge in [0, 0.05) is 38.5 Å². The molecule has 5 nitrogen and oxygen atoms in total. The van der Waals surface area contributed by atoms with E-state index in [0.29, 0.717) is 44.8 Å². The summed E-state index contributed by atoms with van der Waals surface area (Å²) in [6.07, 6.45) is 3.16. The zero-order chi connectivity index (χ0) is 22.3. The molecule has 1 aromatic rings. The van der Waals surface area contributed by atoms with E-state index in [4.69, 9.17) is 0 Å². The highest BCUT2D eigenvalue weighted by Gasteiger charge is 2.35. The molecule has 0 spiro atoms. The van der Waals surface area contributed by atoms with Gasteiger partial charge < -0.3 is 14.9 Å². The second kappa shape index (κ2) is 8.24. The normalized spacial score (nSPS) is 17.9. The molecule has 0 aromatic heterocycles. The van der Waals surface area contributed by atoms with Crippen LogP contribution in [-0.2, 0) is 26.8 Å². The molecule has 1 aromatic carbocycles. The summed E-state index contributed by atoms with van der Waals surface area (Å²) in [6, 6.07) is 4.12. The van der Waals surface area contributed by atoms with Crippen molar-refractivity contribution in [1.29, 1.82) is 0 Å². The van der Waals surface area contributed by atoms with Crippen molar-refractivity contribution in [3.05, 3.63) is 28.8 Å². The van der Waals surface area contributed by atoms with Crippen molar-refractivity contribution in [3.63, 3.8) is 0 Å². The molecule has 1 heterocycles. The van der Waals surface area contributed by atoms with Crippen molar-refractivity contribution in [2.45, 2.75) is 78.1 Å². The Kier molecular flexibility index (Phi) is 6.22. The molecule has 0 atom stereocenters. The molecule has 2 fully saturated rings. The number of aryl methyl sites for hydroxylation is 1. The fraction of sp³-hybridized carbons (Fsp3) is 0.680. The summed E-state index contributed by atoms with van der Waals surface area (Å²) < 4.78 is 0. The number of aromatic hydroxyl groups is 1. The predicted molar refractivity (Wildman–Crippen MR) is 120 cm³/mol. The van der Waals surface area contributed by atoms with Crippen LogP contribution in [0, 0.1) is 5.92 Å². The summed E-state index contributed by atoms with van der Waals surface area (Å²) >= 11 is 0. The van der Waals surface area contributed by atoms with E-state index >= 15 is 0 Å². The van der Waals surface area contributed by atoms with E-state index in [1.165, 1.54) is 0 Å². The van der Waals surface area contributed by atoms with E-state index in [0.717, 1.165) is 29.5 Å². The molecular weight excluding hydrogens is 376 g/mol. The zero-order valence-corrected chi connectivity index (χ0v) is 19.5. The van der Waals surface area contributed by atoms with Gasteiger partial charge in [0.25, 0.3) is 0 Å². The number of carbonyl (C=O) groups is 2. The Hall–Kier alpha value is -2.04. The number of hydrogen-bond donors (Lipinski definition) is 1. The minimum Gasteiger partial charge on any atom is -0.507 e. The van der Waals surface area contributed by atoms with Gasteiger partial charge in [0.1, 0.15) is 5.75 Å². The average molecular weight is 415 g/mol. The maximum atomic E-state index is 12.8. The van der Waals surface area contributed by atoms with Crippen molar-refractivity contribution < 1.29 is 14.7 Å². The molecule has 2 amide bonds. The fourth-order valence-corrected chi connectivity index (χ4v) is 4.16. The van der Waals surface area contributed by atoms with E-state index < -0.39 is 0 Å². The van der Waals surface area contributed by atoms with Crippen LogP contribution in [0.1, 0.15) is 77.5 Å². The van der Waals surface area contributed by atoms with Crippen LogP contribution in [0.3, 0.4) is 0 Å². The van der Waals surface area contributed by atoms with Crippen LogP contribution >= 0.6 is 0 Å². The van der Waals surface area contributed by atoms with Gasteiger partial charge in [-0.3, -0.25) is 9.59 Å². The lowest BCUT2D eigenvalue weighted by Gasteiger charge is -2.35. The van der Waals surface area contributed by atoms with E-state index in [2.05, 4.69) is 53.7 Å². The standard InChI is InChI=1S/C25H38N2O3/c1-24(2,3)19-15-17(16-20(22(19)29)25(4,5)6)7-10-21(28)26-11-13-27(14-12-26)23(30)18-8-9-18/h15-16,18,29H,7-14H2,1-6H3. The highest BCUT2D eigenvalue weighted by molar-refractivity contribution is 5.82. The lowest BCUT2D eigenvalue weighted by Crippen LogP contribution is -2.51. The second-order valence-corrected chi connectivity index (χ2v) is 11.0. The van der Waals surface area contributed by atoms with Gasteiger partial charge in [-0.25, -0.2) is 0 Å². The number of amides is 2. The first-order chi connectivity index (χ1) is 13.9. The summed E-state index contributed by atoms with van der Waals surface area (Å²) in [6.45, 7) is 15.2. The van der Waals surface area contributed by atoms with Gasteiger partial charge in [0.05, 0.1) is 0 Å². The summed E-state index contributed by atoms with van der Waals surface area (Å²) in [7, 11) is 0. The van der Waals surface area contributed by atoms with Gasteiger partial charge in [0.2, 0.25) is 11.8 Å². The van der Waals surface area contributed by atoms with Gasteiger partial charge >= 0.3 is 0 Å². The molecule has 1 aliphatic carbocycles. The Morgan fingerprint density at radius 2 is 1.37 bits per heavy atom. The molecule has 1 saturated carbocycles. The fourth-order valence-electron chi connectivity index (χ4n) is 4.16. The molecule has 0 unspecified atom stereocenters. The number of nitrogens with zero attached hydrogens (tertiary/aromatic N) is 2. The largest absolute Gasteiger partial charge is 0.507 e. The summed E-state index contributed by atoms with van der Waals surface area (Å²) in [5.41, 5.74) is 2.62. The smallest absolute Gasteiger partial charge is 0.225 e. The van der Waals surface area contributed by atoms with Gasteiger partial charge in [-0.15, -0.1) is 0 Å². The van der Waals surface area contributed by atoms with Crippen LogP contribution in [0.2, 0.25) is 0 Å². The number of phenols is 1. The molecule has 30 heavy (non-hydrogen) atoms. The maximum Gasteiger partial charge on any atom is 0.225 e. The number of hydrogen-bond acceptors (Lipinski definition) is 3. The van der Waals surface area contributed by atoms with Crippen molar-refractivity contribution in [2.24, 2.45) is 5.92 Å². The van der Waals surface area contributed by atoms with Crippen LogP contribution in [-0.4, -0.2) is 52.9 Å². The van der Waals surface area contributed by atoms with Crippen molar-refractivity contribution >= 4 is 11.8 Å². The van der Waals surface area contributed by atoms with Crippen molar-refractivity contribution in [2.75, 3.05) is 26.2 Å². The third-order valence-electron chi connectivity index (χ3n) is 6.28. The predicted octanol–water partition coefficient (Wildman–Crippen LogP) is 4.00. The first-order valence-electron chi connectivity index (χ1n) is 11.3. The van der Waals surface area contributed by atoms with E-state index in [-0.39, 0.29) is 28.6 Å². The first-order valence-corrected chi connectivity index (χ1v) is 11.3. The minimum atomic E-state index is -0.172. The Balaban J connectivity index is 1.65. The Morgan fingerprint density at radius 3 is 1.80 bits per heavy atom. The topological polar surface area (TPSA) is 60.9 Å². The Bertz CT molecular complexity index is 770. The molecule has 1 aliphatic heterocycles. The molecular formula is C25H38N2O3. The van der Waals surface area contributed by atoms with Gasteiger partial charge in [-0.2, -0.15) is 0 Å². The molecule has 1 saturated heterocycles. The number of piperazine rings is 1. The molecule has 0 bridgehead atoms. The summed E-state index contributed by atoms with van der Waals surface area (Å²) in [4.78, 5) is 28.8. The lowest BCUT2D eigenvalue weighted by molar-refractivity contribution is -0.140. The first kappa shape index (κ1) is 22.6. The third-order valence-corrected chi connectivity index (χ3v) is 6.28. The van der Waals surface area contributed by atoms with Gasteiger partial charge in [-0.05, 0) is 46.8 Å². The third kappa shape index (κ3) is 5.16. The number of rotatable bonds is 4. The quantitative estimate of drug-likeness (QED) is 0.810. The van der Waals surface area contributed by atoms with E-state index in [1.54, 1.807) is 0 Å².